The minimum Gasteiger partial charge on any atom is -0.376 e. The average Bonchev–Trinajstić information content (AvgIpc) is 2.87. The van der Waals surface area contributed by atoms with Crippen molar-refractivity contribution in [3.63, 3.8) is 0 Å². The SMILES string of the molecule is c1ccc2sc(NCCOC3CCNCC3)nc2c1. The molecule has 0 aliphatic carbocycles. The first kappa shape index (κ1) is 12.8. The molecule has 1 aliphatic heterocycles. The molecular weight excluding hydrogens is 258 g/mol. The molecule has 2 heterocycles. The summed E-state index contributed by atoms with van der Waals surface area (Å²) in [6, 6.07) is 8.21. The zero-order valence-corrected chi connectivity index (χ0v) is 11.7. The normalized spacial score (nSPS) is 16.8. The van der Waals surface area contributed by atoms with Gasteiger partial charge in [-0.2, -0.15) is 0 Å². The molecule has 19 heavy (non-hydrogen) atoms. The van der Waals surface area contributed by atoms with E-state index in [0.717, 1.165) is 49.7 Å². The van der Waals surface area contributed by atoms with E-state index in [1.165, 1.54) is 4.70 Å². The van der Waals surface area contributed by atoms with Crippen molar-refractivity contribution in [2.75, 3.05) is 31.6 Å². The Morgan fingerprint density at radius 3 is 3.00 bits per heavy atom. The molecule has 0 spiro atoms. The van der Waals surface area contributed by atoms with Crippen molar-refractivity contribution in [2.24, 2.45) is 0 Å². The van der Waals surface area contributed by atoms with E-state index in [1.54, 1.807) is 11.3 Å². The number of thiazole rings is 1. The fraction of sp³-hybridized carbons (Fsp3) is 0.500. The summed E-state index contributed by atoms with van der Waals surface area (Å²) in [6.45, 7) is 3.73. The van der Waals surface area contributed by atoms with Crippen LogP contribution in [0.2, 0.25) is 0 Å². The molecule has 2 N–H and O–H groups in total. The van der Waals surface area contributed by atoms with Gasteiger partial charge in [0.15, 0.2) is 5.13 Å². The Morgan fingerprint density at radius 1 is 1.32 bits per heavy atom. The number of ether oxygens (including phenoxy) is 1. The van der Waals surface area contributed by atoms with Crippen LogP contribution >= 0.6 is 11.3 Å². The molecule has 2 aromatic rings. The summed E-state index contributed by atoms with van der Waals surface area (Å²) in [5.74, 6) is 0. The number of hydrogen-bond acceptors (Lipinski definition) is 5. The summed E-state index contributed by atoms with van der Waals surface area (Å²) in [5, 5.41) is 7.66. The third-order valence-electron chi connectivity index (χ3n) is 3.31. The van der Waals surface area contributed by atoms with Crippen molar-refractivity contribution in [1.82, 2.24) is 10.3 Å². The molecule has 1 fully saturated rings. The standard InChI is InChI=1S/C14H19N3OS/c1-2-4-13-12(3-1)17-14(19-13)16-9-10-18-11-5-7-15-8-6-11/h1-4,11,15H,5-10H2,(H,16,17). The van der Waals surface area contributed by atoms with Gasteiger partial charge in [-0.15, -0.1) is 0 Å². The van der Waals surface area contributed by atoms with Crippen LogP contribution in [0, 0.1) is 0 Å². The first-order chi connectivity index (χ1) is 9.42. The molecule has 3 rings (SSSR count). The molecule has 0 atom stereocenters. The fourth-order valence-corrected chi connectivity index (χ4v) is 3.18. The number of fused-ring (bicyclic) bond motifs is 1. The molecule has 102 valence electrons. The first-order valence-electron chi connectivity index (χ1n) is 6.83. The second-order valence-electron chi connectivity index (χ2n) is 4.73. The van der Waals surface area contributed by atoms with Crippen LogP contribution in [-0.4, -0.2) is 37.3 Å². The van der Waals surface area contributed by atoms with E-state index in [9.17, 15) is 0 Å². The molecule has 1 aromatic heterocycles. The van der Waals surface area contributed by atoms with Crippen LogP contribution in [0.15, 0.2) is 24.3 Å². The number of benzene rings is 1. The summed E-state index contributed by atoms with van der Waals surface area (Å²) in [5.41, 5.74) is 1.06. The number of piperidine rings is 1. The topological polar surface area (TPSA) is 46.2 Å². The lowest BCUT2D eigenvalue weighted by Crippen LogP contribution is -2.33. The molecule has 4 nitrogen and oxygen atoms in total. The Labute approximate surface area is 117 Å². The quantitative estimate of drug-likeness (QED) is 0.824. The van der Waals surface area contributed by atoms with Crippen LogP contribution in [0.1, 0.15) is 12.8 Å². The van der Waals surface area contributed by atoms with Crippen molar-refractivity contribution >= 4 is 26.7 Å². The van der Waals surface area contributed by atoms with Crippen LogP contribution in [0.25, 0.3) is 10.2 Å². The van der Waals surface area contributed by atoms with Gasteiger partial charge in [-0.3, -0.25) is 0 Å². The number of nitrogens with zero attached hydrogens (tertiary/aromatic N) is 1. The van der Waals surface area contributed by atoms with Crippen molar-refractivity contribution in [2.45, 2.75) is 18.9 Å². The lowest BCUT2D eigenvalue weighted by molar-refractivity contribution is 0.0394. The first-order valence-corrected chi connectivity index (χ1v) is 7.65. The zero-order chi connectivity index (χ0) is 12.9. The van der Waals surface area contributed by atoms with Crippen LogP contribution in [0.3, 0.4) is 0 Å². The highest BCUT2D eigenvalue weighted by atomic mass is 32.1. The second-order valence-corrected chi connectivity index (χ2v) is 5.76. The highest BCUT2D eigenvalue weighted by molar-refractivity contribution is 7.22. The summed E-state index contributed by atoms with van der Waals surface area (Å²) < 4.78 is 7.08. The van der Waals surface area contributed by atoms with Crippen molar-refractivity contribution < 1.29 is 4.74 Å². The highest BCUT2D eigenvalue weighted by Crippen LogP contribution is 2.25. The number of nitrogens with one attached hydrogen (secondary N) is 2. The lowest BCUT2D eigenvalue weighted by Gasteiger charge is -2.22. The van der Waals surface area contributed by atoms with Gasteiger partial charge in [-0.05, 0) is 38.1 Å². The largest absolute Gasteiger partial charge is 0.376 e. The number of hydrogen-bond donors (Lipinski definition) is 2. The molecule has 5 heteroatoms. The smallest absolute Gasteiger partial charge is 0.183 e. The molecule has 0 bridgehead atoms. The van der Waals surface area contributed by atoms with Gasteiger partial charge in [-0.1, -0.05) is 23.5 Å². The molecular formula is C14H19N3OS. The van der Waals surface area contributed by atoms with Crippen LogP contribution in [0.4, 0.5) is 5.13 Å². The average molecular weight is 277 g/mol. The van der Waals surface area contributed by atoms with Gasteiger partial charge in [0.2, 0.25) is 0 Å². The summed E-state index contributed by atoms with van der Waals surface area (Å²) in [6.07, 6.45) is 2.68. The van der Waals surface area contributed by atoms with Crippen LogP contribution in [-0.2, 0) is 4.74 Å². The maximum atomic E-state index is 5.85. The monoisotopic (exact) mass is 277 g/mol. The minimum absolute atomic E-state index is 0.429. The van der Waals surface area contributed by atoms with E-state index >= 15 is 0 Å². The Morgan fingerprint density at radius 2 is 2.16 bits per heavy atom. The van der Waals surface area contributed by atoms with Gasteiger partial charge in [0, 0.05) is 6.54 Å². The summed E-state index contributed by atoms with van der Waals surface area (Å²) >= 11 is 1.70. The van der Waals surface area contributed by atoms with Crippen molar-refractivity contribution in [1.29, 1.82) is 0 Å². The van der Waals surface area contributed by atoms with Gasteiger partial charge < -0.3 is 15.4 Å². The Hall–Kier alpha value is -1.17. The number of aromatic nitrogens is 1. The van der Waals surface area contributed by atoms with Gasteiger partial charge in [0.25, 0.3) is 0 Å². The number of anilines is 1. The van der Waals surface area contributed by atoms with E-state index in [4.69, 9.17) is 4.74 Å². The van der Waals surface area contributed by atoms with Crippen LogP contribution < -0.4 is 10.6 Å². The lowest BCUT2D eigenvalue weighted by atomic mass is 10.1. The number of rotatable bonds is 5. The maximum absolute atomic E-state index is 5.85. The van der Waals surface area contributed by atoms with E-state index in [-0.39, 0.29) is 0 Å². The van der Waals surface area contributed by atoms with Crippen LogP contribution in [0.5, 0.6) is 0 Å². The summed E-state index contributed by atoms with van der Waals surface area (Å²) in [7, 11) is 0. The summed E-state index contributed by atoms with van der Waals surface area (Å²) in [4.78, 5) is 4.54. The molecule has 0 saturated carbocycles. The van der Waals surface area contributed by atoms with E-state index < -0.39 is 0 Å². The molecule has 1 aromatic carbocycles. The minimum atomic E-state index is 0.429. The van der Waals surface area contributed by atoms with Gasteiger partial charge >= 0.3 is 0 Å². The van der Waals surface area contributed by atoms with Crippen molar-refractivity contribution in [3.05, 3.63) is 24.3 Å². The third-order valence-corrected chi connectivity index (χ3v) is 4.31. The fourth-order valence-electron chi connectivity index (χ4n) is 2.29. The second kappa shape index (κ2) is 6.32. The Balaban J connectivity index is 1.44. The molecule has 0 unspecified atom stereocenters. The highest BCUT2D eigenvalue weighted by Gasteiger charge is 2.12. The van der Waals surface area contributed by atoms with Gasteiger partial charge in [-0.25, -0.2) is 4.98 Å². The van der Waals surface area contributed by atoms with Gasteiger partial charge in [0.05, 0.1) is 22.9 Å². The predicted octanol–water partition coefficient (Wildman–Crippen LogP) is 2.48. The van der Waals surface area contributed by atoms with Gasteiger partial charge in [0.1, 0.15) is 0 Å². The molecule has 1 aliphatic rings. The Bertz CT molecular complexity index is 489. The van der Waals surface area contributed by atoms with E-state index in [2.05, 4.69) is 21.7 Å². The van der Waals surface area contributed by atoms with E-state index in [0.29, 0.717) is 6.10 Å². The number of para-hydroxylation sites is 1. The van der Waals surface area contributed by atoms with E-state index in [1.807, 2.05) is 18.2 Å². The molecule has 1 saturated heterocycles. The molecule has 0 radical (unpaired) electrons. The Kier molecular flexibility index (Phi) is 4.27. The molecule has 0 amide bonds. The third kappa shape index (κ3) is 3.43. The van der Waals surface area contributed by atoms with Crippen molar-refractivity contribution in [3.8, 4) is 0 Å². The maximum Gasteiger partial charge on any atom is 0.183 e. The predicted molar refractivity (Wildman–Crippen MR) is 80.0 cm³/mol. The zero-order valence-electron chi connectivity index (χ0n) is 10.9.